The number of carbonyl (C=O) groups is 2. The van der Waals surface area contributed by atoms with E-state index < -0.39 is 17.8 Å². The molecule has 0 aromatic rings. The quantitative estimate of drug-likeness (QED) is 0.689. The molecule has 0 bridgehead atoms. The van der Waals surface area contributed by atoms with E-state index in [-0.39, 0.29) is 57.5 Å². The molecule has 1 heterocycles. The molecule has 0 aromatic heterocycles. The van der Waals surface area contributed by atoms with E-state index in [2.05, 4.69) is 26.2 Å². The third-order valence-corrected chi connectivity index (χ3v) is 3.31. The first-order valence-corrected chi connectivity index (χ1v) is 8.15. The Bertz CT molecular complexity index is 370. The van der Waals surface area contributed by atoms with Crippen molar-refractivity contribution in [3.05, 3.63) is 14.0 Å². The van der Waals surface area contributed by atoms with Crippen LogP contribution in [0.2, 0.25) is 0 Å². The molecule has 1 aliphatic heterocycles. The minimum atomic E-state index is -0.699. The summed E-state index contributed by atoms with van der Waals surface area (Å²) in [6, 6.07) is 0. The van der Waals surface area contributed by atoms with Crippen molar-refractivity contribution in [2.24, 2.45) is 5.92 Å². The van der Waals surface area contributed by atoms with Gasteiger partial charge >= 0.3 is 38.8 Å². The summed E-state index contributed by atoms with van der Waals surface area (Å²) in [5, 5.41) is 12.1. The van der Waals surface area contributed by atoms with Crippen molar-refractivity contribution >= 4 is 12.0 Å². The molecule has 136 valence electrons. The van der Waals surface area contributed by atoms with Gasteiger partial charge in [0.1, 0.15) is 5.60 Å². The number of nitrogens with zero attached hydrogens (tertiary/aromatic N) is 1. The van der Waals surface area contributed by atoms with Crippen molar-refractivity contribution in [2.75, 3.05) is 13.1 Å². The van der Waals surface area contributed by atoms with Gasteiger partial charge in [0.2, 0.25) is 0 Å². The summed E-state index contributed by atoms with van der Waals surface area (Å²) in [6.45, 7) is 11.7. The van der Waals surface area contributed by atoms with E-state index in [9.17, 15) is 14.7 Å². The Balaban J connectivity index is 0. The number of nitrogens with one attached hydrogen (secondary N) is 1. The fourth-order valence-electron chi connectivity index (χ4n) is 2.09. The average Bonchev–Trinajstić information content (AvgIpc) is 2.80. The molecule has 2 unspecified atom stereocenters. The Morgan fingerprint density at radius 3 is 2.29 bits per heavy atom. The Morgan fingerprint density at radius 1 is 1.33 bits per heavy atom. The zero-order chi connectivity index (χ0) is 18.0. The number of rotatable bonds is 4. The average molecular weight is 417 g/mol. The summed E-state index contributed by atoms with van der Waals surface area (Å²) >= 11 is 0. The number of unbranched alkanes of at least 4 members (excludes halogenated alkanes) is 2. The van der Waals surface area contributed by atoms with E-state index in [0.717, 1.165) is 6.42 Å². The fraction of sp³-hybridized carbons (Fsp3) is 0.765. The predicted molar refractivity (Wildman–Crippen MR) is 90.3 cm³/mol. The molecular formula is C17H32N2O4Y+. The van der Waals surface area contributed by atoms with Gasteiger partial charge in [-0.2, -0.15) is 6.42 Å². The maximum Gasteiger partial charge on any atom is 3.00 e. The van der Waals surface area contributed by atoms with Crippen LogP contribution < -0.4 is 5.32 Å². The summed E-state index contributed by atoms with van der Waals surface area (Å²) in [5.41, 5.74) is -0.565. The van der Waals surface area contributed by atoms with Gasteiger partial charge in [-0.1, -0.05) is 19.8 Å². The number of hydrogen-bond acceptors (Lipinski definition) is 4. The van der Waals surface area contributed by atoms with Gasteiger partial charge < -0.3 is 27.0 Å². The smallest absolute Gasteiger partial charge is 0.508 e. The molecule has 2 amide bonds. The number of aliphatic hydroxyl groups excluding tert-OH is 1. The first kappa shape index (κ1) is 26.0. The van der Waals surface area contributed by atoms with Crippen molar-refractivity contribution < 1.29 is 52.1 Å². The van der Waals surface area contributed by atoms with Gasteiger partial charge in [-0.3, -0.25) is 11.8 Å². The number of hydrogen-bond donors (Lipinski definition) is 2. The van der Waals surface area contributed by atoms with Crippen molar-refractivity contribution in [3.63, 3.8) is 0 Å². The first-order chi connectivity index (χ1) is 10.6. The topological polar surface area (TPSA) is 78.9 Å². The molecule has 2 atom stereocenters. The maximum absolute atomic E-state index is 11.8. The Labute approximate surface area is 172 Å². The largest absolute Gasteiger partial charge is 3.00 e. The fourth-order valence-corrected chi connectivity index (χ4v) is 2.09. The molecule has 24 heavy (non-hydrogen) atoms. The molecule has 1 aliphatic rings. The number of β-amino-alcohol motifs (C(OH)–C–C–N with tert-alkyl or cyclic N) is 1. The minimum Gasteiger partial charge on any atom is -0.508 e. The molecule has 0 radical (unpaired) electrons. The molecular weight excluding hydrogens is 385 g/mol. The monoisotopic (exact) mass is 417 g/mol. The van der Waals surface area contributed by atoms with Gasteiger partial charge in [-0.05, 0) is 20.8 Å². The van der Waals surface area contributed by atoms with Gasteiger partial charge in [0.25, 0.3) is 0 Å². The molecule has 0 aliphatic carbocycles. The zero-order valence-corrected chi connectivity index (χ0v) is 18.3. The Hall–Kier alpha value is -0.196. The van der Waals surface area contributed by atoms with Crippen LogP contribution in [0.25, 0.3) is 0 Å². The van der Waals surface area contributed by atoms with Crippen molar-refractivity contribution in [1.29, 1.82) is 0 Å². The number of ether oxygens (including phenoxy) is 1. The van der Waals surface area contributed by atoms with E-state index in [1.54, 1.807) is 20.8 Å². The molecule has 0 aromatic carbocycles. The first-order valence-electron chi connectivity index (χ1n) is 8.15. The standard InChI is InChI=1S/C12H21N2O4.C5H11.Y/c1-12(2,3)18-11(17)14-6-8(9(15)7-14)5-10(16)13-4;1-3-5-4-2;/h8-9,15H,4-7H2,1-3H3,(H,13,16);1,3-5H2,2H3;/q2*-1;+3. The molecule has 7 heteroatoms. The van der Waals surface area contributed by atoms with Crippen LogP contribution in [0.5, 0.6) is 0 Å². The Kier molecular flexibility index (Phi) is 14.2. The second-order valence-electron chi connectivity index (χ2n) is 6.72. The number of amides is 2. The molecule has 6 nitrogen and oxygen atoms in total. The van der Waals surface area contributed by atoms with Crippen LogP contribution in [0.4, 0.5) is 4.79 Å². The summed E-state index contributed by atoms with van der Waals surface area (Å²) < 4.78 is 5.21. The van der Waals surface area contributed by atoms with E-state index in [0.29, 0.717) is 6.54 Å². The van der Waals surface area contributed by atoms with Gasteiger partial charge in [0.15, 0.2) is 5.91 Å². The molecule has 1 saturated heterocycles. The molecule has 0 saturated carbocycles. The number of likely N-dealkylation sites (tertiary alicyclic amines) is 1. The molecule has 2 N–H and O–H groups in total. The van der Waals surface area contributed by atoms with Crippen molar-refractivity contribution in [1.82, 2.24) is 10.2 Å². The third kappa shape index (κ3) is 11.4. The van der Waals surface area contributed by atoms with Crippen LogP contribution in [-0.4, -0.2) is 46.8 Å². The van der Waals surface area contributed by atoms with Gasteiger partial charge in [-0.25, -0.2) is 4.79 Å². The minimum absolute atomic E-state index is 0. The van der Waals surface area contributed by atoms with Crippen LogP contribution >= 0.6 is 0 Å². The van der Waals surface area contributed by atoms with E-state index in [1.807, 2.05) is 0 Å². The van der Waals surface area contributed by atoms with E-state index >= 15 is 0 Å². The normalized spacial score (nSPS) is 19.7. The SMILES string of the molecule is [CH2-]CCCC.[CH2-]NC(=O)CC1CN(C(=O)OC(C)(C)C)CC1O.[Y+3]. The van der Waals surface area contributed by atoms with Gasteiger partial charge in [-0.15, -0.1) is 0 Å². The van der Waals surface area contributed by atoms with E-state index in [4.69, 9.17) is 4.74 Å². The van der Waals surface area contributed by atoms with Gasteiger partial charge in [0.05, 0.1) is 12.6 Å². The van der Waals surface area contributed by atoms with Crippen LogP contribution in [0, 0.1) is 19.9 Å². The summed E-state index contributed by atoms with van der Waals surface area (Å²) in [6.07, 6.45) is 2.65. The van der Waals surface area contributed by atoms with Crippen molar-refractivity contribution in [2.45, 2.75) is 65.1 Å². The summed E-state index contributed by atoms with van der Waals surface area (Å²) in [7, 11) is 3.27. The number of carbonyl (C=O) groups excluding carboxylic acids is 2. The Morgan fingerprint density at radius 2 is 1.92 bits per heavy atom. The van der Waals surface area contributed by atoms with Crippen LogP contribution in [-0.2, 0) is 42.2 Å². The third-order valence-electron chi connectivity index (χ3n) is 3.31. The van der Waals surface area contributed by atoms with Crippen LogP contribution in [0.3, 0.4) is 0 Å². The second kappa shape index (κ2) is 13.1. The maximum atomic E-state index is 11.8. The predicted octanol–water partition coefficient (Wildman–Crippen LogP) is 2.52. The summed E-state index contributed by atoms with van der Waals surface area (Å²) in [4.78, 5) is 24.4. The van der Waals surface area contributed by atoms with Crippen molar-refractivity contribution in [3.8, 4) is 0 Å². The number of aliphatic hydroxyl groups is 1. The summed E-state index contributed by atoms with van der Waals surface area (Å²) in [5.74, 6) is -0.510. The molecule has 1 fully saturated rings. The molecule has 1 rings (SSSR count). The van der Waals surface area contributed by atoms with Crippen LogP contribution in [0.1, 0.15) is 53.4 Å². The zero-order valence-electron chi connectivity index (χ0n) is 15.5. The molecule has 0 spiro atoms. The van der Waals surface area contributed by atoms with Crippen LogP contribution in [0.15, 0.2) is 0 Å². The van der Waals surface area contributed by atoms with E-state index in [1.165, 1.54) is 17.7 Å². The second-order valence-corrected chi connectivity index (χ2v) is 6.72. The van der Waals surface area contributed by atoms with Gasteiger partial charge in [0, 0.05) is 18.9 Å².